The minimum atomic E-state index is -1.90. The molecular weight excluding hydrogens is 504 g/mol. The predicted octanol–water partition coefficient (Wildman–Crippen LogP) is 3.20. The number of nitrogens with one attached hydrogen (secondary N) is 1. The van der Waals surface area contributed by atoms with Crippen LogP contribution in [0.5, 0.6) is 0 Å². The fourth-order valence-corrected chi connectivity index (χ4v) is 5.46. The number of nitrogens with zero attached hydrogens (tertiary/aromatic N) is 5. The normalized spacial score (nSPS) is 19.2. The summed E-state index contributed by atoms with van der Waals surface area (Å²) >= 11 is 6.34. The first-order valence-corrected chi connectivity index (χ1v) is 13.4. The number of halogens is 1. The lowest BCUT2D eigenvalue weighted by atomic mass is 10.0. The van der Waals surface area contributed by atoms with E-state index in [2.05, 4.69) is 26.3 Å². The Balaban J connectivity index is 1.20. The summed E-state index contributed by atoms with van der Waals surface area (Å²) in [5.74, 6) is -1.57. The summed E-state index contributed by atoms with van der Waals surface area (Å²) in [5.41, 5.74) is 2.05. The van der Waals surface area contributed by atoms with E-state index in [4.69, 9.17) is 11.6 Å². The third-order valence-electron chi connectivity index (χ3n) is 7.37. The van der Waals surface area contributed by atoms with Crippen molar-refractivity contribution >= 4 is 29.0 Å². The number of aliphatic hydroxyl groups is 2. The standard InChI is InChI=1S/C28H33ClN6O3/c29-24-5-2-1-4-21(24)20-33-15-10-23(11-16-33)35-19-18-34(17-12-28(35,37)38)26-7-3-6-25(32-26)27(36)31-22-8-13-30-14-9-22/h1-9,13-14,23,37-38H,10-12,15-20H2,(H,30,31,36). The fraction of sp³-hybridized carbons (Fsp3) is 0.393. The van der Waals surface area contributed by atoms with Crippen molar-refractivity contribution in [1.29, 1.82) is 0 Å². The number of carbonyl (C=O) groups is 1. The van der Waals surface area contributed by atoms with E-state index >= 15 is 0 Å². The second kappa shape index (κ2) is 11.8. The number of piperidine rings is 1. The highest BCUT2D eigenvalue weighted by Gasteiger charge is 2.40. The van der Waals surface area contributed by atoms with Gasteiger partial charge in [-0.25, -0.2) is 9.88 Å². The average molecular weight is 537 g/mol. The summed E-state index contributed by atoms with van der Waals surface area (Å²) in [6.45, 7) is 3.99. The molecular formula is C28H33ClN6O3. The Bertz CT molecular complexity index is 1240. The molecule has 2 aromatic heterocycles. The lowest BCUT2D eigenvalue weighted by Crippen LogP contribution is -2.56. The number of likely N-dealkylation sites (tertiary alicyclic amines) is 1. The number of amides is 1. The van der Waals surface area contributed by atoms with Gasteiger partial charge in [0.05, 0.1) is 0 Å². The maximum Gasteiger partial charge on any atom is 0.274 e. The monoisotopic (exact) mass is 536 g/mol. The van der Waals surface area contributed by atoms with Crippen molar-refractivity contribution in [3.63, 3.8) is 0 Å². The Morgan fingerprint density at radius 2 is 1.74 bits per heavy atom. The predicted molar refractivity (Wildman–Crippen MR) is 147 cm³/mol. The third-order valence-corrected chi connectivity index (χ3v) is 7.74. The summed E-state index contributed by atoms with van der Waals surface area (Å²) in [5, 5.41) is 25.6. The van der Waals surface area contributed by atoms with E-state index < -0.39 is 5.91 Å². The third kappa shape index (κ3) is 6.31. The quantitative estimate of drug-likeness (QED) is 0.413. The highest BCUT2D eigenvalue weighted by molar-refractivity contribution is 6.31. The van der Waals surface area contributed by atoms with Gasteiger partial charge >= 0.3 is 0 Å². The van der Waals surface area contributed by atoms with Crippen LogP contribution in [0, 0.1) is 0 Å². The summed E-state index contributed by atoms with van der Waals surface area (Å²) in [6, 6.07) is 16.7. The number of anilines is 2. The molecule has 1 amide bonds. The van der Waals surface area contributed by atoms with Crippen LogP contribution >= 0.6 is 11.6 Å². The average Bonchev–Trinajstić information content (AvgIpc) is 3.09. The van der Waals surface area contributed by atoms with Crippen molar-refractivity contribution in [2.24, 2.45) is 0 Å². The number of pyridine rings is 2. The molecule has 3 aromatic rings. The van der Waals surface area contributed by atoms with Gasteiger partial charge in [0.15, 0.2) is 0 Å². The summed E-state index contributed by atoms with van der Waals surface area (Å²) in [4.78, 5) is 27.5. The summed E-state index contributed by atoms with van der Waals surface area (Å²) in [7, 11) is 0. The van der Waals surface area contributed by atoms with Gasteiger partial charge in [-0.15, -0.1) is 0 Å². The van der Waals surface area contributed by atoms with Crippen LogP contribution in [0.15, 0.2) is 67.0 Å². The Labute approximate surface area is 227 Å². The molecule has 0 spiro atoms. The van der Waals surface area contributed by atoms with Crippen LogP contribution in [0.2, 0.25) is 5.02 Å². The van der Waals surface area contributed by atoms with E-state index in [1.807, 2.05) is 34.1 Å². The van der Waals surface area contributed by atoms with Crippen LogP contribution < -0.4 is 10.2 Å². The molecule has 38 heavy (non-hydrogen) atoms. The fourth-order valence-electron chi connectivity index (χ4n) is 5.26. The van der Waals surface area contributed by atoms with E-state index in [1.165, 1.54) is 0 Å². The lowest BCUT2D eigenvalue weighted by Gasteiger charge is -2.43. The highest BCUT2D eigenvalue weighted by atomic mass is 35.5. The first-order valence-electron chi connectivity index (χ1n) is 13.0. The maximum atomic E-state index is 12.7. The van der Waals surface area contributed by atoms with Crippen molar-refractivity contribution in [2.75, 3.05) is 42.9 Å². The van der Waals surface area contributed by atoms with Crippen LogP contribution in [0.3, 0.4) is 0 Å². The molecule has 2 fully saturated rings. The molecule has 2 aliphatic heterocycles. The zero-order chi connectivity index (χ0) is 26.5. The van der Waals surface area contributed by atoms with Gasteiger partial charge in [-0.1, -0.05) is 35.9 Å². The van der Waals surface area contributed by atoms with E-state index in [0.29, 0.717) is 36.8 Å². The van der Waals surface area contributed by atoms with Gasteiger partial charge in [0, 0.05) is 61.7 Å². The van der Waals surface area contributed by atoms with Crippen LogP contribution in [0.4, 0.5) is 11.5 Å². The molecule has 1 aromatic carbocycles. The molecule has 2 aliphatic rings. The number of carbonyl (C=O) groups excluding carboxylic acids is 1. The maximum absolute atomic E-state index is 12.7. The number of benzene rings is 1. The number of rotatable bonds is 6. The first kappa shape index (κ1) is 26.5. The van der Waals surface area contributed by atoms with Gasteiger partial charge in [-0.3, -0.25) is 14.7 Å². The van der Waals surface area contributed by atoms with Gasteiger partial charge in [0.2, 0.25) is 5.91 Å². The van der Waals surface area contributed by atoms with Crippen LogP contribution in [-0.2, 0) is 6.54 Å². The van der Waals surface area contributed by atoms with Crippen molar-refractivity contribution in [2.45, 2.75) is 37.8 Å². The smallest absolute Gasteiger partial charge is 0.274 e. The van der Waals surface area contributed by atoms with E-state index in [9.17, 15) is 15.0 Å². The molecule has 200 valence electrons. The Hall–Kier alpha value is -3.08. The largest absolute Gasteiger partial charge is 0.355 e. The molecule has 9 nitrogen and oxygen atoms in total. The Kier molecular flexibility index (Phi) is 8.21. The highest BCUT2D eigenvalue weighted by Crippen LogP contribution is 2.29. The van der Waals surface area contributed by atoms with Crippen molar-refractivity contribution in [3.8, 4) is 0 Å². The molecule has 0 bridgehead atoms. The molecule has 2 saturated heterocycles. The molecule has 0 saturated carbocycles. The number of hydrogen-bond acceptors (Lipinski definition) is 8. The Morgan fingerprint density at radius 3 is 2.50 bits per heavy atom. The molecule has 3 N–H and O–H groups in total. The van der Waals surface area contributed by atoms with Crippen LogP contribution in [0.1, 0.15) is 35.3 Å². The SMILES string of the molecule is O=C(Nc1ccncc1)c1cccc(N2CCN(C3CCN(Cc4ccccc4Cl)CC3)C(O)(O)CC2)n1. The van der Waals surface area contributed by atoms with Gasteiger partial charge < -0.3 is 20.4 Å². The number of aromatic nitrogens is 2. The molecule has 10 heteroatoms. The van der Waals surface area contributed by atoms with Gasteiger partial charge in [0.25, 0.3) is 5.91 Å². The Morgan fingerprint density at radius 1 is 0.974 bits per heavy atom. The van der Waals surface area contributed by atoms with Crippen molar-refractivity contribution < 1.29 is 15.0 Å². The zero-order valence-corrected chi connectivity index (χ0v) is 22.0. The van der Waals surface area contributed by atoms with Gasteiger partial charge in [-0.2, -0.15) is 0 Å². The van der Waals surface area contributed by atoms with Crippen molar-refractivity contribution in [3.05, 3.63) is 83.3 Å². The number of hydrogen-bond donors (Lipinski definition) is 3. The molecule has 0 aliphatic carbocycles. The molecule has 0 radical (unpaired) electrons. The second-order valence-corrected chi connectivity index (χ2v) is 10.3. The van der Waals surface area contributed by atoms with E-state index in [-0.39, 0.29) is 18.4 Å². The zero-order valence-electron chi connectivity index (χ0n) is 21.2. The van der Waals surface area contributed by atoms with E-state index in [1.54, 1.807) is 36.7 Å². The van der Waals surface area contributed by atoms with Gasteiger partial charge in [-0.05, 0) is 61.8 Å². The molecule has 5 rings (SSSR count). The first-order chi connectivity index (χ1) is 18.4. The van der Waals surface area contributed by atoms with Crippen LogP contribution in [-0.4, -0.2) is 80.6 Å². The molecule has 4 heterocycles. The minimum absolute atomic E-state index is 0.0675. The second-order valence-electron chi connectivity index (χ2n) is 9.87. The van der Waals surface area contributed by atoms with Gasteiger partial charge in [0.1, 0.15) is 11.5 Å². The minimum Gasteiger partial charge on any atom is -0.355 e. The van der Waals surface area contributed by atoms with E-state index in [0.717, 1.165) is 43.1 Å². The summed E-state index contributed by atoms with van der Waals surface area (Å²) in [6.07, 6.45) is 5.07. The lowest BCUT2D eigenvalue weighted by molar-refractivity contribution is -0.276. The summed E-state index contributed by atoms with van der Waals surface area (Å²) < 4.78 is 0. The topological polar surface area (TPSA) is 105 Å². The molecule has 0 unspecified atom stereocenters. The van der Waals surface area contributed by atoms with Crippen LogP contribution in [0.25, 0.3) is 0 Å². The van der Waals surface area contributed by atoms with Crippen molar-refractivity contribution in [1.82, 2.24) is 19.8 Å². The molecule has 0 atom stereocenters.